The Labute approximate surface area is 167 Å². The Balaban J connectivity index is 1.79. The van der Waals surface area contributed by atoms with Crippen LogP contribution in [0, 0.1) is 5.82 Å². The average Bonchev–Trinajstić information content (AvgIpc) is 2.66. The van der Waals surface area contributed by atoms with E-state index in [0.717, 1.165) is 18.6 Å². The number of carbonyl (C=O) groups excluding carboxylic acids is 3. The van der Waals surface area contributed by atoms with E-state index in [1.165, 1.54) is 6.07 Å². The van der Waals surface area contributed by atoms with E-state index in [1.54, 1.807) is 24.3 Å². The lowest BCUT2D eigenvalue weighted by Crippen LogP contribution is -2.27. The fourth-order valence-corrected chi connectivity index (χ4v) is 2.50. The van der Waals surface area contributed by atoms with Gasteiger partial charge < -0.3 is 15.4 Å². The number of halogens is 2. The molecule has 2 aromatic carbocycles. The van der Waals surface area contributed by atoms with Crippen molar-refractivity contribution in [3.63, 3.8) is 0 Å². The Morgan fingerprint density at radius 1 is 1.11 bits per heavy atom. The van der Waals surface area contributed by atoms with Crippen LogP contribution in [0.5, 0.6) is 0 Å². The van der Waals surface area contributed by atoms with Crippen LogP contribution in [-0.4, -0.2) is 30.9 Å². The van der Waals surface area contributed by atoms with E-state index in [0.29, 0.717) is 17.9 Å². The predicted octanol–water partition coefficient (Wildman–Crippen LogP) is 3.80. The Morgan fingerprint density at radius 3 is 2.46 bits per heavy atom. The van der Waals surface area contributed by atoms with E-state index in [-0.39, 0.29) is 29.5 Å². The number of esters is 1. The van der Waals surface area contributed by atoms with E-state index in [9.17, 15) is 18.8 Å². The van der Waals surface area contributed by atoms with E-state index in [1.807, 2.05) is 6.92 Å². The summed E-state index contributed by atoms with van der Waals surface area (Å²) >= 11 is 5.82. The van der Waals surface area contributed by atoms with Gasteiger partial charge in [0.15, 0.2) is 0 Å². The molecule has 8 heteroatoms. The third-order valence-corrected chi connectivity index (χ3v) is 3.97. The molecule has 0 aromatic heterocycles. The molecule has 2 aromatic rings. The maximum atomic E-state index is 13.0. The molecule has 0 aliphatic rings. The van der Waals surface area contributed by atoms with Crippen LogP contribution in [0.3, 0.4) is 0 Å². The van der Waals surface area contributed by atoms with Gasteiger partial charge in [-0.05, 0) is 48.9 Å². The highest BCUT2D eigenvalue weighted by Crippen LogP contribution is 2.17. The van der Waals surface area contributed by atoms with Crippen molar-refractivity contribution in [1.82, 2.24) is 5.32 Å². The van der Waals surface area contributed by atoms with Gasteiger partial charge in [-0.25, -0.2) is 9.18 Å². The van der Waals surface area contributed by atoms with Crippen molar-refractivity contribution in [2.75, 3.05) is 18.5 Å². The molecule has 6 nitrogen and oxygen atoms in total. The molecule has 0 saturated carbocycles. The van der Waals surface area contributed by atoms with Gasteiger partial charge in [-0.15, -0.1) is 0 Å². The first-order valence-electron chi connectivity index (χ1n) is 8.71. The first-order chi connectivity index (χ1) is 13.4. The number of rotatable bonds is 8. The molecule has 2 amide bonds. The van der Waals surface area contributed by atoms with Gasteiger partial charge in [0.2, 0.25) is 5.91 Å². The van der Waals surface area contributed by atoms with Crippen LogP contribution < -0.4 is 10.6 Å². The molecule has 2 rings (SSSR count). The third-order valence-electron chi connectivity index (χ3n) is 3.66. The lowest BCUT2D eigenvalue weighted by Gasteiger charge is -2.08. The number of anilines is 1. The highest BCUT2D eigenvalue weighted by atomic mass is 35.5. The zero-order valence-corrected chi connectivity index (χ0v) is 16.0. The first-order valence-corrected chi connectivity index (χ1v) is 9.08. The molecule has 0 heterocycles. The highest BCUT2D eigenvalue weighted by Gasteiger charge is 2.12. The number of benzene rings is 2. The summed E-state index contributed by atoms with van der Waals surface area (Å²) in [5.41, 5.74) is 1.05. The summed E-state index contributed by atoms with van der Waals surface area (Å²) in [5.74, 6) is -1.76. The Hall–Kier alpha value is -2.93. The van der Waals surface area contributed by atoms with E-state index < -0.39 is 17.7 Å². The van der Waals surface area contributed by atoms with Crippen LogP contribution in [0.15, 0.2) is 42.5 Å². The molecule has 0 atom stereocenters. The molecular formula is C20H20ClFN2O4. The maximum Gasteiger partial charge on any atom is 0.338 e. The number of carbonyl (C=O) groups is 3. The van der Waals surface area contributed by atoms with Gasteiger partial charge in [-0.1, -0.05) is 18.5 Å². The molecule has 0 spiro atoms. The second-order valence-corrected chi connectivity index (χ2v) is 6.30. The Morgan fingerprint density at radius 2 is 1.82 bits per heavy atom. The number of amides is 2. The smallest absolute Gasteiger partial charge is 0.338 e. The van der Waals surface area contributed by atoms with Gasteiger partial charge in [0.25, 0.3) is 5.91 Å². The normalized spacial score (nSPS) is 10.2. The fraction of sp³-hybridized carbons (Fsp3) is 0.250. The second kappa shape index (κ2) is 10.4. The zero-order chi connectivity index (χ0) is 20.5. The van der Waals surface area contributed by atoms with Gasteiger partial charge in [0, 0.05) is 18.7 Å². The minimum Gasteiger partial charge on any atom is -0.462 e. The molecule has 148 valence electrons. The zero-order valence-electron chi connectivity index (χ0n) is 15.3. The van der Waals surface area contributed by atoms with E-state index in [4.69, 9.17) is 16.3 Å². The maximum absolute atomic E-state index is 13.0. The van der Waals surface area contributed by atoms with Crippen LogP contribution >= 0.6 is 11.6 Å². The van der Waals surface area contributed by atoms with Crippen LogP contribution in [0.2, 0.25) is 5.02 Å². The van der Waals surface area contributed by atoms with Crippen molar-refractivity contribution >= 4 is 35.1 Å². The quantitative estimate of drug-likeness (QED) is 0.653. The van der Waals surface area contributed by atoms with Gasteiger partial charge in [-0.3, -0.25) is 9.59 Å². The molecular weight excluding hydrogens is 387 g/mol. The largest absolute Gasteiger partial charge is 0.462 e. The Bertz CT molecular complexity index is 856. The summed E-state index contributed by atoms with van der Waals surface area (Å²) in [6.07, 6.45) is 0.772. The second-order valence-electron chi connectivity index (χ2n) is 5.89. The molecule has 28 heavy (non-hydrogen) atoms. The summed E-state index contributed by atoms with van der Waals surface area (Å²) in [5, 5.41) is 5.22. The molecule has 0 aliphatic heterocycles. The number of hydrogen-bond donors (Lipinski definition) is 2. The lowest BCUT2D eigenvalue weighted by molar-refractivity contribution is -0.116. The predicted molar refractivity (Wildman–Crippen MR) is 104 cm³/mol. The van der Waals surface area contributed by atoms with Crippen molar-refractivity contribution in [3.05, 3.63) is 64.4 Å². The van der Waals surface area contributed by atoms with Gasteiger partial charge in [0.05, 0.1) is 22.8 Å². The minimum absolute atomic E-state index is 0.000459. The topological polar surface area (TPSA) is 84.5 Å². The van der Waals surface area contributed by atoms with E-state index >= 15 is 0 Å². The summed E-state index contributed by atoms with van der Waals surface area (Å²) in [6.45, 7) is 2.34. The van der Waals surface area contributed by atoms with E-state index in [2.05, 4.69) is 10.6 Å². The van der Waals surface area contributed by atoms with Crippen LogP contribution in [0.1, 0.15) is 40.5 Å². The van der Waals surface area contributed by atoms with Crippen molar-refractivity contribution in [2.45, 2.75) is 19.8 Å². The molecule has 2 N–H and O–H groups in total. The highest BCUT2D eigenvalue weighted by molar-refractivity contribution is 6.33. The van der Waals surface area contributed by atoms with Crippen LogP contribution in [-0.2, 0) is 9.53 Å². The number of hydrogen-bond acceptors (Lipinski definition) is 4. The molecule has 0 fully saturated rings. The molecule has 0 aliphatic carbocycles. The SMILES string of the molecule is CCCOC(=O)c1ccc(NC(=O)CCNC(=O)c2ccc(F)cc2Cl)cc1. The van der Waals surface area contributed by atoms with Crippen molar-refractivity contribution in [3.8, 4) is 0 Å². The molecule has 0 saturated heterocycles. The first kappa shape index (κ1) is 21.4. The standard InChI is InChI=1S/C20H20ClFN2O4/c1-2-11-28-20(27)13-3-6-15(7-4-13)24-18(25)9-10-23-19(26)16-8-5-14(22)12-17(16)21/h3-8,12H,2,9-11H2,1H3,(H,23,26)(H,24,25). The number of ether oxygens (including phenoxy) is 1. The van der Waals surface area contributed by atoms with Crippen molar-refractivity contribution < 1.29 is 23.5 Å². The monoisotopic (exact) mass is 406 g/mol. The van der Waals surface area contributed by atoms with Crippen LogP contribution in [0.4, 0.5) is 10.1 Å². The van der Waals surface area contributed by atoms with Gasteiger partial charge in [-0.2, -0.15) is 0 Å². The van der Waals surface area contributed by atoms with Crippen molar-refractivity contribution in [2.24, 2.45) is 0 Å². The van der Waals surface area contributed by atoms with Gasteiger partial charge >= 0.3 is 5.97 Å². The summed E-state index contributed by atoms with van der Waals surface area (Å²) in [7, 11) is 0. The van der Waals surface area contributed by atoms with Crippen LogP contribution in [0.25, 0.3) is 0 Å². The summed E-state index contributed by atoms with van der Waals surface area (Å²) in [6, 6.07) is 9.77. The molecule has 0 unspecified atom stereocenters. The summed E-state index contributed by atoms with van der Waals surface area (Å²) in [4.78, 5) is 35.7. The fourth-order valence-electron chi connectivity index (χ4n) is 2.25. The van der Waals surface area contributed by atoms with Gasteiger partial charge in [0.1, 0.15) is 5.82 Å². The molecule has 0 bridgehead atoms. The summed E-state index contributed by atoms with van der Waals surface area (Å²) < 4.78 is 18.0. The van der Waals surface area contributed by atoms with Crippen molar-refractivity contribution in [1.29, 1.82) is 0 Å². The minimum atomic E-state index is -0.537. The lowest BCUT2D eigenvalue weighted by atomic mass is 10.2. The molecule has 0 radical (unpaired) electrons. The Kier molecular flexibility index (Phi) is 7.95. The average molecular weight is 407 g/mol. The number of nitrogens with one attached hydrogen (secondary N) is 2. The third kappa shape index (κ3) is 6.35.